The fraction of sp³-hybridized carbons (Fsp3) is 0.333. The minimum Gasteiger partial charge on any atom is -0.309 e. The van der Waals surface area contributed by atoms with Crippen molar-refractivity contribution in [1.82, 2.24) is 4.90 Å². The Bertz CT molecular complexity index is 673. The van der Waals surface area contributed by atoms with Crippen LogP contribution in [0.4, 0.5) is 0 Å². The van der Waals surface area contributed by atoms with Gasteiger partial charge < -0.3 is 4.90 Å². The molecule has 2 aromatic rings. The average Bonchev–Trinajstić information content (AvgIpc) is 3.32. The maximum Gasteiger partial charge on any atom is 0.00101 e. The summed E-state index contributed by atoms with van der Waals surface area (Å²) < 4.78 is 0. The van der Waals surface area contributed by atoms with Gasteiger partial charge in [-0.05, 0) is 66.6 Å². The second kappa shape index (κ2) is 5.40. The number of benzene rings is 2. The van der Waals surface area contributed by atoms with Gasteiger partial charge in [0, 0.05) is 6.54 Å². The highest BCUT2D eigenvalue weighted by molar-refractivity contribution is 5.85. The van der Waals surface area contributed by atoms with Crippen molar-refractivity contribution in [1.29, 1.82) is 0 Å². The summed E-state index contributed by atoms with van der Waals surface area (Å²) in [5.41, 5.74) is 7.47. The molecule has 0 radical (unpaired) electrons. The predicted molar refractivity (Wildman–Crippen MR) is 93.2 cm³/mol. The van der Waals surface area contributed by atoms with Gasteiger partial charge in [-0.15, -0.1) is 0 Å². The molecule has 0 aliphatic heterocycles. The van der Waals surface area contributed by atoms with Crippen molar-refractivity contribution < 1.29 is 0 Å². The molecule has 0 saturated heterocycles. The molecular weight excluding hydrogens is 266 g/mol. The van der Waals surface area contributed by atoms with E-state index in [0.717, 1.165) is 24.8 Å². The molecule has 0 N–H and O–H groups in total. The fourth-order valence-corrected chi connectivity index (χ4v) is 3.85. The maximum absolute atomic E-state index is 2.45. The van der Waals surface area contributed by atoms with E-state index in [1.54, 1.807) is 11.1 Å². The molecule has 0 aromatic heterocycles. The van der Waals surface area contributed by atoms with E-state index >= 15 is 0 Å². The SMILES string of the molecule is CN(C)CCC=C1c2ccccc2C2CC2c2ccccc21. The molecule has 0 bridgehead atoms. The minimum absolute atomic E-state index is 0.733. The molecule has 0 spiro atoms. The van der Waals surface area contributed by atoms with Crippen LogP contribution >= 0.6 is 0 Å². The molecule has 1 nitrogen and oxygen atoms in total. The van der Waals surface area contributed by atoms with Crippen LogP contribution in [0, 0.1) is 0 Å². The quantitative estimate of drug-likeness (QED) is 0.794. The molecule has 1 saturated carbocycles. The summed E-state index contributed by atoms with van der Waals surface area (Å²) in [5.74, 6) is 1.47. The van der Waals surface area contributed by atoms with Crippen molar-refractivity contribution in [3.8, 4) is 0 Å². The Kier molecular flexibility index (Phi) is 3.38. The van der Waals surface area contributed by atoms with Crippen LogP contribution in [0.3, 0.4) is 0 Å². The van der Waals surface area contributed by atoms with Crippen LogP contribution in [0.2, 0.25) is 0 Å². The van der Waals surface area contributed by atoms with E-state index in [9.17, 15) is 0 Å². The predicted octanol–water partition coefficient (Wildman–Crippen LogP) is 4.65. The van der Waals surface area contributed by atoms with Crippen LogP contribution in [0.5, 0.6) is 0 Å². The number of hydrogen-bond donors (Lipinski definition) is 0. The van der Waals surface area contributed by atoms with E-state index in [1.165, 1.54) is 23.1 Å². The molecule has 22 heavy (non-hydrogen) atoms. The normalized spacial score (nSPS) is 21.7. The highest BCUT2D eigenvalue weighted by Crippen LogP contribution is 2.59. The first-order chi connectivity index (χ1) is 10.8. The lowest BCUT2D eigenvalue weighted by atomic mass is 9.91. The molecule has 112 valence electrons. The summed E-state index contributed by atoms with van der Waals surface area (Å²) >= 11 is 0. The molecule has 2 unspecified atom stereocenters. The average molecular weight is 289 g/mol. The monoisotopic (exact) mass is 289 g/mol. The highest BCUT2D eigenvalue weighted by atomic mass is 15.0. The van der Waals surface area contributed by atoms with Crippen LogP contribution in [-0.4, -0.2) is 25.5 Å². The Morgan fingerprint density at radius 2 is 1.45 bits per heavy atom. The first kappa shape index (κ1) is 13.8. The van der Waals surface area contributed by atoms with Gasteiger partial charge in [0.2, 0.25) is 0 Å². The smallest absolute Gasteiger partial charge is 0.00101 e. The van der Waals surface area contributed by atoms with Crippen LogP contribution < -0.4 is 0 Å². The van der Waals surface area contributed by atoms with Gasteiger partial charge in [-0.1, -0.05) is 54.6 Å². The fourth-order valence-electron chi connectivity index (χ4n) is 3.85. The standard InChI is InChI=1S/C21H23N/c1-22(2)13-7-12-17-15-8-3-5-10-18(15)20-14-21(20)19-11-6-4-9-16(17)19/h3-6,8-12,20-21H,7,13-14H2,1-2H3. The van der Waals surface area contributed by atoms with E-state index in [2.05, 4.69) is 73.6 Å². The molecule has 1 fully saturated rings. The van der Waals surface area contributed by atoms with Gasteiger partial charge in [0.05, 0.1) is 0 Å². The molecule has 0 amide bonds. The first-order valence-electron chi connectivity index (χ1n) is 8.29. The first-order valence-corrected chi connectivity index (χ1v) is 8.29. The van der Waals surface area contributed by atoms with Crippen molar-refractivity contribution in [2.75, 3.05) is 20.6 Å². The van der Waals surface area contributed by atoms with Crippen LogP contribution in [0.1, 0.15) is 46.9 Å². The number of nitrogens with zero attached hydrogens (tertiary/aromatic N) is 1. The van der Waals surface area contributed by atoms with Gasteiger partial charge in [-0.3, -0.25) is 0 Å². The Hall–Kier alpha value is -1.86. The third-order valence-corrected chi connectivity index (χ3v) is 5.02. The summed E-state index contributed by atoms with van der Waals surface area (Å²) in [6.07, 6.45) is 4.86. The summed E-state index contributed by atoms with van der Waals surface area (Å²) in [5, 5.41) is 0. The third kappa shape index (κ3) is 2.30. The van der Waals surface area contributed by atoms with Crippen molar-refractivity contribution in [3.63, 3.8) is 0 Å². The van der Waals surface area contributed by atoms with Crippen LogP contribution in [0.25, 0.3) is 5.57 Å². The lowest BCUT2D eigenvalue weighted by molar-refractivity contribution is 0.417. The lowest BCUT2D eigenvalue weighted by Crippen LogP contribution is -2.12. The lowest BCUT2D eigenvalue weighted by Gasteiger charge is -2.14. The summed E-state index contributed by atoms with van der Waals surface area (Å²) in [4.78, 5) is 2.25. The molecule has 1 heteroatoms. The van der Waals surface area contributed by atoms with E-state index in [1.807, 2.05) is 0 Å². The second-order valence-corrected chi connectivity index (χ2v) is 6.83. The van der Waals surface area contributed by atoms with Crippen LogP contribution in [0.15, 0.2) is 54.6 Å². The maximum atomic E-state index is 2.45. The molecule has 2 aliphatic rings. The van der Waals surface area contributed by atoms with Crippen molar-refractivity contribution >= 4 is 5.57 Å². The second-order valence-electron chi connectivity index (χ2n) is 6.83. The zero-order valence-corrected chi connectivity index (χ0v) is 13.4. The van der Waals surface area contributed by atoms with Crippen molar-refractivity contribution in [2.24, 2.45) is 0 Å². The van der Waals surface area contributed by atoms with Crippen molar-refractivity contribution in [3.05, 3.63) is 76.9 Å². The van der Waals surface area contributed by atoms with Gasteiger partial charge >= 0.3 is 0 Å². The summed E-state index contributed by atoms with van der Waals surface area (Å²) in [6, 6.07) is 18.1. The molecule has 2 aliphatic carbocycles. The molecule has 0 heterocycles. The van der Waals surface area contributed by atoms with E-state index in [0.29, 0.717) is 0 Å². The van der Waals surface area contributed by atoms with E-state index in [4.69, 9.17) is 0 Å². The molecule has 2 aromatic carbocycles. The Morgan fingerprint density at radius 3 is 2.00 bits per heavy atom. The summed E-state index contributed by atoms with van der Waals surface area (Å²) in [7, 11) is 4.28. The molecular formula is C21H23N. The summed E-state index contributed by atoms with van der Waals surface area (Å²) in [6.45, 7) is 1.10. The number of fused-ring (bicyclic) bond motifs is 5. The van der Waals surface area contributed by atoms with Crippen molar-refractivity contribution in [2.45, 2.75) is 24.7 Å². The van der Waals surface area contributed by atoms with Gasteiger partial charge in [0.1, 0.15) is 0 Å². The number of rotatable bonds is 3. The van der Waals surface area contributed by atoms with E-state index < -0.39 is 0 Å². The van der Waals surface area contributed by atoms with Gasteiger partial charge in [0.15, 0.2) is 0 Å². The Balaban J connectivity index is 1.84. The topological polar surface area (TPSA) is 3.24 Å². The van der Waals surface area contributed by atoms with Crippen LogP contribution in [-0.2, 0) is 0 Å². The largest absolute Gasteiger partial charge is 0.309 e. The molecule has 4 rings (SSSR count). The Morgan fingerprint density at radius 1 is 0.909 bits per heavy atom. The zero-order valence-electron chi connectivity index (χ0n) is 13.4. The van der Waals surface area contributed by atoms with E-state index in [-0.39, 0.29) is 0 Å². The highest BCUT2D eigenvalue weighted by Gasteiger charge is 2.44. The minimum atomic E-state index is 0.733. The molecule has 2 atom stereocenters. The van der Waals surface area contributed by atoms with Gasteiger partial charge in [-0.25, -0.2) is 0 Å². The number of hydrogen-bond acceptors (Lipinski definition) is 1. The zero-order chi connectivity index (χ0) is 15.1. The Labute approximate surface area is 133 Å². The third-order valence-electron chi connectivity index (χ3n) is 5.02. The van der Waals surface area contributed by atoms with Gasteiger partial charge in [0.25, 0.3) is 0 Å². The van der Waals surface area contributed by atoms with Gasteiger partial charge in [-0.2, -0.15) is 0 Å².